The monoisotopic (exact) mass is 324 g/mol. The van der Waals surface area contributed by atoms with Gasteiger partial charge in [-0.1, -0.05) is 38.1 Å². The molecule has 4 heteroatoms. The van der Waals surface area contributed by atoms with Crippen molar-refractivity contribution in [2.24, 2.45) is 17.6 Å². The van der Waals surface area contributed by atoms with E-state index in [0.29, 0.717) is 24.8 Å². The Balaban J connectivity index is 0.00000242. The predicted octanol–water partition coefficient (Wildman–Crippen LogP) is 3.09. The summed E-state index contributed by atoms with van der Waals surface area (Å²) in [6.45, 7) is 6.71. The molecule has 1 aromatic rings. The molecule has 0 heterocycles. The number of carbonyl (C=O) groups excluding carboxylic acids is 1. The van der Waals surface area contributed by atoms with Crippen molar-refractivity contribution in [3.8, 4) is 0 Å². The maximum atomic E-state index is 12.3. The van der Waals surface area contributed by atoms with Gasteiger partial charge in [0.25, 0.3) is 0 Å². The maximum absolute atomic E-state index is 12.3. The SMILES string of the molecule is CC(C)C(C)(CN)NC(=O)CC1CCc2ccccc2C1.Cl. The van der Waals surface area contributed by atoms with E-state index in [1.165, 1.54) is 11.1 Å². The van der Waals surface area contributed by atoms with Crippen LogP contribution in [0.2, 0.25) is 0 Å². The standard InChI is InChI=1S/C18H28N2O.ClH/c1-13(2)18(3,12-19)20-17(21)11-14-8-9-15-6-4-5-7-16(15)10-14;/h4-7,13-14H,8-12,19H2,1-3H3,(H,20,21);1H. The topological polar surface area (TPSA) is 55.1 Å². The second-order valence-electron chi connectivity index (χ2n) is 6.91. The van der Waals surface area contributed by atoms with Crippen LogP contribution in [0.3, 0.4) is 0 Å². The van der Waals surface area contributed by atoms with Crippen LogP contribution in [0.5, 0.6) is 0 Å². The molecule has 1 aliphatic carbocycles. The average molecular weight is 325 g/mol. The number of nitrogens with two attached hydrogens (primary N) is 1. The first-order chi connectivity index (χ1) is 9.94. The molecule has 2 atom stereocenters. The molecule has 0 saturated carbocycles. The molecule has 0 aliphatic heterocycles. The third-order valence-corrected chi connectivity index (χ3v) is 5.05. The zero-order valence-electron chi connectivity index (χ0n) is 13.9. The van der Waals surface area contributed by atoms with Crippen molar-refractivity contribution >= 4 is 18.3 Å². The van der Waals surface area contributed by atoms with Gasteiger partial charge in [-0.25, -0.2) is 0 Å². The molecular formula is C18H29ClN2O. The Morgan fingerprint density at radius 3 is 2.59 bits per heavy atom. The first-order valence-electron chi connectivity index (χ1n) is 8.02. The van der Waals surface area contributed by atoms with Crippen molar-refractivity contribution in [3.63, 3.8) is 0 Å². The summed E-state index contributed by atoms with van der Waals surface area (Å²) < 4.78 is 0. The van der Waals surface area contributed by atoms with E-state index in [2.05, 4.69) is 43.4 Å². The molecule has 0 spiro atoms. The first kappa shape index (κ1) is 19.0. The molecule has 0 aromatic heterocycles. The van der Waals surface area contributed by atoms with Crippen molar-refractivity contribution in [2.45, 2.75) is 52.0 Å². The van der Waals surface area contributed by atoms with Crippen LogP contribution in [0.15, 0.2) is 24.3 Å². The highest BCUT2D eigenvalue weighted by atomic mass is 35.5. The van der Waals surface area contributed by atoms with Gasteiger partial charge in [-0.15, -0.1) is 12.4 Å². The Morgan fingerprint density at radius 1 is 1.36 bits per heavy atom. The van der Waals surface area contributed by atoms with E-state index in [1.807, 2.05) is 6.92 Å². The predicted molar refractivity (Wildman–Crippen MR) is 94.3 cm³/mol. The Bertz CT molecular complexity index is 504. The fourth-order valence-corrected chi connectivity index (χ4v) is 3.01. The molecule has 0 saturated heterocycles. The Hall–Kier alpha value is -1.06. The number of halogens is 1. The molecule has 3 N–H and O–H groups in total. The van der Waals surface area contributed by atoms with Crippen LogP contribution < -0.4 is 11.1 Å². The fourth-order valence-electron chi connectivity index (χ4n) is 3.01. The quantitative estimate of drug-likeness (QED) is 0.874. The molecular weight excluding hydrogens is 296 g/mol. The average Bonchev–Trinajstić information content (AvgIpc) is 2.46. The lowest BCUT2D eigenvalue weighted by atomic mass is 9.81. The molecule has 0 fully saturated rings. The zero-order chi connectivity index (χ0) is 15.5. The summed E-state index contributed by atoms with van der Waals surface area (Å²) >= 11 is 0. The number of carbonyl (C=O) groups is 1. The molecule has 124 valence electrons. The molecule has 22 heavy (non-hydrogen) atoms. The van der Waals surface area contributed by atoms with Gasteiger partial charge in [0.15, 0.2) is 0 Å². The molecule has 0 bridgehead atoms. The van der Waals surface area contributed by atoms with Crippen molar-refractivity contribution < 1.29 is 4.79 Å². The van der Waals surface area contributed by atoms with Gasteiger partial charge < -0.3 is 11.1 Å². The van der Waals surface area contributed by atoms with Crippen molar-refractivity contribution in [3.05, 3.63) is 35.4 Å². The molecule has 1 aliphatic rings. The van der Waals surface area contributed by atoms with Crippen molar-refractivity contribution in [2.75, 3.05) is 6.54 Å². The maximum Gasteiger partial charge on any atom is 0.220 e. The van der Waals surface area contributed by atoms with E-state index < -0.39 is 0 Å². The van der Waals surface area contributed by atoms with Crippen LogP contribution >= 0.6 is 12.4 Å². The lowest BCUT2D eigenvalue weighted by Crippen LogP contribution is -2.55. The lowest BCUT2D eigenvalue weighted by molar-refractivity contribution is -0.124. The van der Waals surface area contributed by atoms with E-state index in [0.717, 1.165) is 19.3 Å². The van der Waals surface area contributed by atoms with Gasteiger partial charge in [-0.3, -0.25) is 4.79 Å². The number of benzene rings is 1. The summed E-state index contributed by atoms with van der Waals surface area (Å²) in [4.78, 5) is 12.3. The van der Waals surface area contributed by atoms with Gasteiger partial charge in [0, 0.05) is 13.0 Å². The fraction of sp³-hybridized carbons (Fsp3) is 0.611. The largest absolute Gasteiger partial charge is 0.349 e. The summed E-state index contributed by atoms with van der Waals surface area (Å²) in [5.74, 6) is 0.925. The number of fused-ring (bicyclic) bond motifs is 1. The minimum atomic E-state index is -0.302. The van der Waals surface area contributed by atoms with Crippen molar-refractivity contribution in [1.82, 2.24) is 5.32 Å². The van der Waals surface area contributed by atoms with E-state index in [-0.39, 0.29) is 23.9 Å². The zero-order valence-corrected chi connectivity index (χ0v) is 14.7. The third kappa shape index (κ3) is 4.47. The van der Waals surface area contributed by atoms with Gasteiger partial charge >= 0.3 is 0 Å². The van der Waals surface area contributed by atoms with Gasteiger partial charge in [-0.2, -0.15) is 0 Å². The Kier molecular flexibility index (Phi) is 6.89. The van der Waals surface area contributed by atoms with Crippen LogP contribution in [0.25, 0.3) is 0 Å². The normalized spacial score (nSPS) is 19.8. The van der Waals surface area contributed by atoms with Crippen LogP contribution in [-0.4, -0.2) is 18.0 Å². The Morgan fingerprint density at radius 2 is 2.00 bits per heavy atom. The number of aryl methyl sites for hydroxylation is 1. The molecule has 1 aromatic carbocycles. The minimum Gasteiger partial charge on any atom is -0.349 e. The summed E-state index contributed by atoms with van der Waals surface area (Å²) in [5, 5.41) is 3.15. The van der Waals surface area contributed by atoms with Gasteiger partial charge in [0.05, 0.1) is 5.54 Å². The molecule has 3 nitrogen and oxygen atoms in total. The van der Waals surface area contributed by atoms with Crippen LogP contribution in [-0.2, 0) is 17.6 Å². The summed E-state index contributed by atoms with van der Waals surface area (Å²) in [6.07, 6.45) is 3.82. The highest BCUT2D eigenvalue weighted by Gasteiger charge is 2.29. The van der Waals surface area contributed by atoms with Crippen LogP contribution in [0.4, 0.5) is 0 Å². The molecule has 1 amide bonds. The smallest absolute Gasteiger partial charge is 0.220 e. The molecule has 0 radical (unpaired) electrons. The van der Waals surface area contributed by atoms with Gasteiger partial charge in [-0.05, 0) is 49.1 Å². The Labute approximate surface area is 140 Å². The minimum absolute atomic E-state index is 0. The highest BCUT2D eigenvalue weighted by molar-refractivity contribution is 5.85. The number of hydrogen-bond donors (Lipinski definition) is 2. The van der Waals surface area contributed by atoms with Crippen LogP contribution in [0.1, 0.15) is 44.7 Å². The van der Waals surface area contributed by atoms with E-state index in [4.69, 9.17) is 5.73 Å². The van der Waals surface area contributed by atoms with E-state index in [1.54, 1.807) is 0 Å². The highest BCUT2D eigenvalue weighted by Crippen LogP contribution is 2.27. The van der Waals surface area contributed by atoms with Gasteiger partial charge in [0.2, 0.25) is 5.91 Å². The first-order valence-corrected chi connectivity index (χ1v) is 8.02. The lowest BCUT2D eigenvalue weighted by Gasteiger charge is -2.34. The second-order valence-corrected chi connectivity index (χ2v) is 6.91. The van der Waals surface area contributed by atoms with Gasteiger partial charge in [0.1, 0.15) is 0 Å². The number of amides is 1. The number of nitrogens with one attached hydrogen (secondary N) is 1. The molecule has 2 unspecified atom stereocenters. The number of hydrogen-bond acceptors (Lipinski definition) is 2. The summed E-state index contributed by atoms with van der Waals surface area (Å²) in [7, 11) is 0. The van der Waals surface area contributed by atoms with Crippen molar-refractivity contribution in [1.29, 1.82) is 0 Å². The third-order valence-electron chi connectivity index (χ3n) is 5.05. The summed E-state index contributed by atoms with van der Waals surface area (Å²) in [6, 6.07) is 8.58. The molecule has 2 rings (SSSR count). The number of rotatable bonds is 5. The second kappa shape index (κ2) is 7.98. The van der Waals surface area contributed by atoms with E-state index in [9.17, 15) is 4.79 Å². The van der Waals surface area contributed by atoms with Crippen LogP contribution in [0, 0.1) is 11.8 Å². The summed E-state index contributed by atoms with van der Waals surface area (Å²) in [5.41, 5.74) is 8.39. The van der Waals surface area contributed by atoms with E-state index >= 15 is 0 Å².